The maximum absolute atomic E-state index is 14.3. The molecule has 0 aliphatic heterocycles. The summed E-state index contributed by atoms with van der Waals surface area (Å²) < 4.78 is 35.1. The van der Waals surface area contributed by atoms with Gasteiger partial charge in [0.05, 0.1) is 10.6 Å². The van der Waals surface area contributed by atoms with Crippen LogP contribution in [0, 0.1) is 0 Å². The molecule has 2 amide bonds. The molecule has 4 rings (SSSR count). The summed E-state index contributed by atoms with van der Waals surface area (Å²) in [5, 5.41) is 3.58. The van der Waals surface area contributed by atoms with Gasteiger partial charge in [0.1, 0.15) is 24.1 Å². The number of para-hydroxylation sites is 1. The van der Waals surface area contributed by atoms with Crippen LogP contribution in [0.25, 0.3) is 0 Å². The van der Waals surface area contributed by atoms with E-state index in [1.165, 1.54) is 17.0 Å². The average molecular weight is 683 g/mol. The number of hydrogen-bond donors (Lipinski definition) is 1. The van der Waals surface area contributed by atoms with E-state index < -0.39 is 34.1 Å². The van der Waals surface area contributed by atoms with Crippen molar-refractivity contribution < 1.29 is 22.7 Å². The normalized spacial score (nSPS) is 12.2. The fourth-order valence-electron chi connectivity index (χ4n) is 4.78. The molecule has 1 atom stereocenters. The number of amides is 2. The number of anilines is 1. The molecule has 0 unspecified atom stereocenters. The van der Waals surface area contributed by atoms with Gasteiger partial charge in [-0.25, -0.2) is 8.42 Å². The molecule has 4 aromatic rings. The molecule has 8 nitrogen and oxygen atoms in total. The molecule has 0 saturated carbocycles. The van der Waals surface area contributed by atoms with Crippen molar-refractivity contribution in [1.29, 1.82) is 0 Å². The maximum atomic E-state index is 14.3. The molecule has 0 saturated heterocycles. The summed E-state index contributed by atoms with van der Waals surface area (Å²) in [6.45, 7) is 6.59. The summed E-state index contributed by atoms with van der Waals surface area (Å²) in [5.41, 5.74) is 0.106. The minimum absolute atomic E-state index is 0.00521. The van der Waals surface area contributed by atoms with E-state index in [-0.39, 0.29) is 29.5 Å². The lowest BCUT2D eigenvalue weighted by Crippen LogP contribution is -2.55. The van der Waals surface area contributed by atoms with Crippen molar-refractivity contribution in [2.75, 3.05) is 10.8 Å². The maximum Gasteiger partial charge on any atom is 0.264 e. The van der Waals surface area contributed by atoms with E-state index in [1.54, 1.807) is 79.7 Å². The van der Waals surface area contributed by atoms with Gasteiger partial charge in [0.2, 0.25) is 11.8 Å². The van der Waals surface area contributed by atoms with Crippen LogP contribution in [0.3, 0.4) is 0 Å². The van der Waals surface area contributed by atoms with Crippen LogP contribution < -0.4 is 14.4 Å². The van der Waals surface area contributed by atoms with Gasteiger partial charge >= 0.3 is 0 Å². The molecule has 0 aromatic heterocycles. The minimum Gasteiger partial charge on any atom is -0.457 e. The second-order valence-corrected chi connectivity index (χ2v) is 14.3. The third-order valence-electron chi connectivity index (χ3n) is 6.99. The Morgan fingerprint density at radius 1 is 0.804 bits per heavy atom. The number of halogens is 2. The highest BCUT2D eigenvalue weighted by Crippen LogP contribution is 2.30. The van der Waals surface area contributed by atoms with Gasteiger partial charge in [-0.15, -0.1) is 0 Å². The van der Waals surface area contributed by atoms with E-state index in [0.717, 1.165) is 4.31 Å². The standard InChI is InChI=1S/C35H37Cl2N3O5S/c1-5-32(34(42)38-35(2,3)4)39(23-29-30(36)17-12-18-31(29)37)33(41)24-40(46(43,44)28-15-10-7-11-16-28)25-19-21-27(22-20-25)45-26-13-8-6-9-14-26/h6-22,32H,5,23-24H2,1-4H3,(H,38,42)/t32-/m0/s1. The van der Waals surface area contributed by atoms with E-state index in [2.05, 4.69) is 5.32 Å². The smallest absolute Gasteiger partial charge is 0.264 e. The lowest BCUT2D eigenvalue weighted by atomic mass is 10.1. The Labute approximate surface area is 280 Å². The molecule has 0 radical (unpaired) electrons. The molecule has 0 fully saturated rings. The van der Waals surface area contributed by atoms with Crippen LogP contribution in [-0.4, -0.2) is 43.3 Å². The first-order valence-corrected chi connectivity index (χ1v) is 16.9. The predicted molar refractivity (Wildman–Crippen MR) is 183 cm³/mol. The number of ether oxygens (including phenoxy) is 1. The Hall–Kier alpha value is -4.05. The third kappa shape index (κ3) is 8.81. The van der Waals surface area contributed by atoms with Crippen LogP contribution in [0.2, 0.25) is 10.0 Å². The van der Waals surface area contributed by atoms with Crippen LogP contribution in [0.5, 0.6) is 11.5 Å². The Balaban J connectivity index is 1.75. The molecule has 0 aliphatic carbocycles. The lowest BCUT2D eigenvalue weighted by molar-refractivity contribution is -0.141. The van der Waals surface area contributed by atoms with Gasteiger partial charge < -0.3 is 15.0 Å². The molecule has 1 N–H and O–H groups in total. The van der Waals surface area contributed by atoms with Crippen molar-refractivity contribution in [2.24, 2.45) is 0 Å². The van der Waals surface area contributed by atoms with Crippen LogP contribution in [0.4, 0.5) is 5.69 Å². The number of carbonyl (C=O) groups excluding carboxylic acids is 2. The monoisotopic (exact) mass is 681 g/mol. The first-order valence-electron chi connectivity index (χ1n) is 14.8. The zero-order valence-corrected chi connectivity index (χ0v) is 28.4. The highest BCUT2D eigenvalue weighted by atomic mass is 35.5. The summed E-state index contributed by atoms with van der Waals surface area (Å²) in [5.74, 6) is 0.104. The van der Waals surface area contributed by atoms with Crippen LogP contribution >= 0.6 is 23.2 Å². The summed E-state index contributed by atoms with van der Waals surface area (Å²) in [7, 11) is -4.23. The summed E-state index contributed by atoms with van der Waals surface area (Å²) >= 11 is 13.0. The first-order chi connectivity index (χ1) is 21.8. The van der Waals surface area contributed by atoms with Crippen molar-refractivity contribution in [3.05, 3.63) is 119 Å². The van der Waals surface area contributed by atoms with Gasteiger partial charge in [-0.2, -0.15) is 0 Å². The number of hydrogen-bond acceptors (Lipinski definition) is 5. The van der Waals surface area contributed by atoms with Gasteiger partial charge in [-0.3, -0.25) is 13.9 Å². The minimum atomic E-state index is -4.23. The molecular weight excluding hydrogens is 645 g/mol. The molecule has 0 bridgehead atoms. The SMILES string of the molecule is CC[C@@H](C(=O)NC(C)(C)C)N(Cc1c(Cl)cccc1Cl)C(=O)CN(c1ccc(Oc2ccccc2)cc1)S(=O)(=O)c1ccccc1. The predicted octanol–water partition coefficient (Wildman–Crippen LogP) is 7.70. The Kier molecular flexibility index (Phi) is 11.4. The number of carbonyl (C=O) groups is 2. The van der Waals surface area contributed by atoms with Gasteiger partial charge in [0.15, 0.2) is 0 Å². The number of nitrogens with zero attached hydrogens (tertiary/aromatic N) is 2. The zero-order valence-electron chi connectivity index (χ0n) is 26.1. The summed E-state index contributed by atoms with van der Waals surface area (Å²) in [6.07, 6.45) is 0.257. The van der Waals surface area contributed by atoms with Gasteiger partial charge in [0.25, 0.3) is 10.0 Å². The average Bonchev–Trinajstić information content (AvgIpc) is 3.01. The van der Waals surface area contributed by atoms with Crippen LogP contribution in [-0.2, 0) is 26.2 Å². The van der Waals surface area contributed by atoms with Crippen molar-refractivity contribution in [2.45, 2.75) is 57.1 Å². The van der Waals surface area contributed by atoms with E-state index in [0.29, 0.717) is 27.1 Å². The summed E-state index contributed by atoms with van der Waals surface area (Å²) in [6, 6.07) is 27.5. The van der Waals surface area contributed by atoms with Crippen molar-refractivity contribution in [3.63, 3.8) is 0 Å². The van der Waals surface area contributed by atoms with Crippen LogP contribution in [0.15, 0.2) is 108 Å². The van der Waals surface area contributed by atoms with Gasteiger partial charge in [-0.1, -0.05) is 72.6 Å². The Bertz CT molecular complexity index is 1730. The number of nitrogens with one attached hydrogen (secondary N) is 1. The Morgan fingerprint density at radius 3 is 1.89 bits per heavy atom. The van der Waals surface area contributed by atoms with Crippen LogP contribution in [0.1, 0.15) is 39.7 Å². The molecule has 4 aromatic carbocycles. The van der Waals surface area contributed by atoms with E-state index >= 15 is 0 Å². The molecule has 0 aliphatic rings. The molecule has 11 heteroatoms. The van der Waals surface area contributed by atoms with Crippen molar-refractivity contribution >= 4 is 50.7 Å². The quantitative estimate of drug-likeness (QED) is 0.165. The largest absolute Gasteiger partial charge is 0.457 e. The van der Waals surface area contributed by atoms with Gasteiger partial charge in [-0.05, 0) is 87.9 Å². The van der Waals surface area contributed by atoms with E-state index in [9.17, 15) is 18.0 Å². The molecule has 0 spiro atoms. The highest BCUT2D eigenvalue weighted by molar-refractivity contribution is 7.92. The third-order valence-corrected chi connectivity index (χ3v) is 9.48. The van der Waals surface area contributed by atoms with Crippen molar-refractivity contribution in [3.8, 4) is 11.5 Å². The number of sulfonamides is 1. The van der Waals surface area contributed by atoms with E-state index in [4.69, 9.17) is 27.9 Å². The number of rotatable bonds is 12. The lowest BCUT2D eigenvalue weighted by Gasteiger charge is -2.35. The Morgan fingerprint density at radius 2 is 1.35 bits per heavy atom. The number of benzene rings is 4. The van der Waals surface area contributed by atoms with Gasteiger partial charge in [0, 0.05) is 27.7 Å². The fourth-order valence-corrected chi connectivity index (χ4v) is 6.73. The molecule has 0 heterocycles. The topological polar surface area (TPSA) is 96.0 Å². The van der Waals surface area contributed by atoms with Crippen molar-refractivity contribution in [1.82, 2.24) is 10.2 Å². The fraction of sp³-hybridized carbons (Fsp3) is 0.257. The molecule has 46 heavy (non-hydrogen) atoms. The molecular formula is C35H37Cl2N3O5S. The first kappa shape index (κ1) is 34.8. The second kappa shape index (κ2) is 15.0. The summed E-state index contributed by atoms with van der Waals surface area (Å²) in [4.78, 5) is 29.2. The second-order valence-electron chi connectivity index (χ2n) is 11.6. The zero-order chi connectivity index (χ0) is 33.5. The molecule has 242 valence electrons. The van der Waals surface area contributed by atoms with E-state index in [1.807, 2.05) is 39.0 Å². The highest BCUT2D eigenvalue weighted by Gasteiger charge is 2.35.